The highest BCUT2D eigenvalue weighted by atomic mass is 35.5. The molecule has 2 aromatic heterocycles. The van der Waals surface area contributed by atoms with Gasteiger partial charge in [0.1, 0.15) is 17.1 Å². The molecule has 0 saturated carbocycles. The number of halogens is 1. The fourth-order valence-electron chi connectivity index (χ4n) is 2.88. The Morgan fingerprint density at radius 3 is 2.91 bits per heavy atom. The summed E-state index contributed by atoms with van der Waals surface area (Å²) in [7, 11) is 0. The van der Waals surface area contributed by atoms with Gasteiger partial charge in [0.25, 0.3) is 0 Å². The van der Waals surface area contributed by atoms with Crippen LogP contribution < -0.4 is 9.64 Å². The molecule has 0 aromatic carbocycles. The molecule has 0 spiro atoms. The third-order valence-electron chi connectivity index (χ3n) is 3.96. The standard InChI is InChI=1S/C17H22ClN3O2/c1-10(2)23-13-7-14(21-5-6-22-9-12(21)4)20-16-15(13)11(3)8-19-17(16)18/h7-8,10,12H,5-6,9H2,1-4H3. The van der Waals surface area contributed by atoms with Gasteiger partial charge >= 0.3 is 0 Å². The summed E-state index contributed by atoms with van der Waals surface area (Å²) in [6.45, 7) is 10.4. The molecule has 3 heterocycles. The number of rotatable bonds is 3. The number of anilines is 1. The Morgan fingerprint density at radius 2 is 2.22 bits per heavy atom. The molecule has 2 aromatic rings. The van der Waals surface area contributed by atoms with Crippen molar-refractivity contribution in [1.29, 1.82) is 0 Å². The van der Waals surface area contributed by atoms with Gasteiger partial charge in [-0.2, -0.15) is 0 Å². The molecule has 3 rings (SSSR count). The van der Waals surface area contributed by atoms with Crippen LogP contribution in [0.1, 0.15) is 26.3 Å². The van der Waals surface area contributed by atoms with Crippen LogP contribution in [0, 0.1) is 6.92 Å². The normalized spacial score (nSPS) is 18.7. The maximum absolute atomic E-state index is 6.31. The first kappa shape index (κ1) is 16.3. The van der Waals surface area contributed by atoms with Gasteiger partial charge in [-0.25, -0.2) is 9.97 Å². The zero-order valence-electron chi connectivity index (χ0n) is 14.0. The highest BCUT2D eigenvalue weighted by molar-refractivity contribution is 6.34. The Labute approximate surface area is 141 Å². The van der Waals surface area contributed by atoms with Crippen molar-refractivity contribution >= 4 is 28.3 Å². The fraction of sp³-hybridized carbons (Fsp3) is 0.529. The molecule has 5 nitrogen and oxygen atoms in total. The van der Waals surface area contributed by atoms with Crippen LogP contribution in [-0.2, 0) is 4.74 Å². The smallest absolute Gasteiger partial charge is 0.155 e. The van der Waals surface area contributed by atoms with Crippen LogP contribution in [0.5, 0.6) is 5.75 Å². The predicted molar refractivity (Wildman–Crippen MR) is 92.7 cm³/mol. The minimum atomic E-state index is 0.0712. The van der Waals surface area contributed by atoms with E-state index >= 15 is 0 Å². The molecular weight excluding hydrogens is 314 g/mol. The van der Waals surface area contributed by atoms with Gasteiger partial charge in [-0.15, -0.1) is 0 Å². The van der Waals surface area contributed by atoms with E-state index in [1.54, 1.807) is 6.20 Å². The average molecular weight is 336 g/mol. The van der Waals surface area contributed by atoms with E-state index in [2.05, 4.69) is 16.8 Å². The number of aromatic nitrogens is 2. The van der Waals surface area contributed by atoms with Crippen molar-refractivity contribution in [2.45, 2.75) is 39.8 Å². The van der Waals surface area contributed by atoms with Crippen molar-refractivity contribution in [2.75, 3.05) is 24.7 Å². The summed E-state index contributed by atoms with van der Waals surface area (Å²) in [5.41, 5.74) is 1.70. The van der Waals surface area contributed by atoms with Crippen LogP contribution in [0.15, 0.2) is 12.3 Å². The van der Waals surface area contributed by atoms with Crippen molar-refractivity contribution in [3.8, 4) is 5.75 Å². The van der Waals surface area contributed by atoms with Gasteiger partial charge in [0, 0.05) is 18.8 Å². The Bertz CT molecular complexity index is 721. The van der Waals surface area contributed by atoms with E-state index in [4.69, 9.17) is 26.1 Å². The molecule has 23 heavy (non-hydrogen) atoms. The summed E-state index contributed by atoms with van der Waals surface area (Å²) in [4.78, 5) is 11.2. The SMILES string of the molecule is Cc1cnc(Cl)c2nc(N3CCOCC3C)cc(OC(C)C)c12. The fourth-order valence-corrected chi connectivity index (χ4v) is 3.07. The molecule has 1 atom stereocenters. The molecule has 0 N–H and O–H groups in total. The zero-order valence-corrected chi connectivity index (χ0v) is 14.7. The molecule has 1 unspecified atom stereocenters. The Hall–Kier alpha value is -1.59. The van der Waals surface area contributed by atoms with E-state index in [1.807, 2.05) is 26.8 Å². The average Bonchev–Trinajstić information content (AvgIpc) is 2.50. The third kappa shape index (κ3) is 3.21. The summed E-state index contributed by atoms with van der Waals surface area (Å²) in [6, 6.07) is 2.27. The second kappa shape index (κ2) is 6.49. The molecule has 1 saturated heterocycles. The highest BCUT2D eigenvalue weighted by Crippen LogP contribution is 2.35. The van der Waals surface area contributed by atoms with Gasteiger partial charge in [-0.05, 0) is 33.3 Å². The molecule has 6 heteroatoms. The number of nitrogens with zero attached hydrogens (tertiary/aromatic N) is 3. The lowest BCUT2D eigenvalue weighted by Crippen LogP contribution is -2.44. The number of morpholine rings is 1. The molecule has 0 bridgehead atoms. The van der Waals surface area contributed by atoms with Crippen molar-refractivity contribution in [3.05, 3.63) is 23.0 Å². The van der Waals surface area contributed by atoms with E-state index < -0.39 is 0 Å². The van der Waals surface area contributed by atoms with Crippen molar-refractivity contribution in [2.24, 2.45) is 0 Å². The molecule has 0 amide bonds. The van der Waals surface area contributed by atoms with E-state index in [0.29, 0.717) is 23.9 Å². The van der Waals surface area contributed by atoms with Crippen LogP contribution in [0.3, 0.4) is 0 Å². The molecule has 1 aliphatic rings. The minimum absolute atomic E-state index is 0.0712. The number of pyridine rings is 2. The molecule has 1 aliphatic heterocycles. The maximum atomic E-state index is 6.31. The summed E-state index contributed by atoms with van der Waals surface area (Å²) in [5, 5.41) is 1.34. The van der Waals surface area contributed by atoms with Crippen molar-refractivity contribution in [1.82, 2.24) is 9.97 Å². The summed E-state index contributed by atoms with van der Waals surface area (Å²) in [5.74, 6) is 1.67. The summed E-state index contributed by atoms with van der Waals surface area (Å²) in [6.07, 6.45) is 1.83. The van der Waals surface area contributed by atoms with Crippen LogP contribution in [0.25, 0.3) is 10.9 Å². The monoisotopic (exact) mass is 335 g/mol. The number of hydrogen-bond acceptors (Lipinski definition) is 5. The summed E-state index contributed by atoms with van der Waals surface area (Å²) >= 11 is 6.31. The van der Waals surface area contributed by atoms with Gasteiger partial charge in [-0.3, -0.25) is 0 Å². The Kier molecular flexibility index (Phi) is 4.60. The Balaban J connectivity index is 2.18. The maximum Gasteiger partial charge on any atom is 0.155 e. The van der Waals surface area contributed by atoms with Crippen molar-refractivity contribution in [3.63, 3.8) is 0 Å². The molecule has 124 valence electrons. The van der Waals surface area contributed by atoms with E-state index in [0.717, 1.165) is 29.1 Å². The number of fused-ring (bicyclic) bond motifs is 1. The minimum Gasteiger partial charge on any atom is -0.490 e. The van der Waals surface area contributed by atoms with Crippen LogP contribution in [0.2, 0.25) is 5.15 Å². The lowest BCUT2D eigenvalue weighted by atomic mass is 10.1. The van der Waals surface area contributed by atoms with Gasteiger partial charge in [0.05, 0.1) is 30.7 Å². The number of ether oxygens (including phenoxy) is 2. The van der Waals surface area contributed by atoms with Gasteiger partial charge in [-0.1, -0.05) is 11.6 Å². The lowest BCUT2D eigenvalue weighted by Gasteiger charge is -2.34. The van der Waals surface area contributed by atoms with Crippen LogP contribution in [-0.4, -0.2) is 41.9 Å². The summed E-state index contributed by atoms with van der Waals surface area (Å²) < 4.78 is 11.6. The van der Waals surface area contributed by atoms with Crippen LogP contribution in [0.4, 0.5) is 5.82 Å². The van der Waals surface area contributed by atoms with E-state index in [-0.39, 0.29) is 12.1 Å². The second-order valence-electron chi connectivity index (χ2n) is 6.22. The zero-order chi connectivity index (χ0) is 16.6. The molecule has 0 aliphatic carbocycles. The first-order valence-electron chi connectivity index (χ1n) is 7.94. The third-order valence-corrected chi connectivity index (χ3v) is 4.23. The number of aryl methyl sites for hydroxylation is 1. The van der Waals surface area contributed by atoms with Crippen molar-refractivity contribution < 1.29 is 9.47 Å². The molecule has 0 radical (unpaired) electrons. The van der Waals surface area contributed by atoms with Gasteiger partial charge in [0.15, 0.2) is 5.15 Å². The predicted octanol–water partition coefficient (Wildman–Crippen LogP) is 3.60. The molecule has 1 fully saturated rings. The topological polar surface area (TPSA) is 47.5 Å². The molecular formula is C17H22ClN3O2. The van der Waals surface area contributed by atoms with E-state index in [1.165, 1.54) is 0 Å². The van der Waals surface area contributed by atoms with Gasteiger partial charge < -0.3 is 14.4 Å². The largest absolute Gasteiger partial charge is 0.490 e. The van der Waals surface area contributed by atoms with Crippen LogP contribution >= 0.6 is 11.6 Å². The highest BCUT2D eigenvalue weighted by Gasteiger charge is 2.23. The van der Waals surface area contributed by atoms with Gasteiger partial charge in [0.2, 0.25) is 0 Å². The lowest BCUT2D eigenvalue weighted by molar-refractivity contribution is 0.0985. The first-order chi connectivity index (χ1) is 11.0. The quantitative estimate of drug-likeness (QED) is 0.802. The number of hydrogen-bond donors (Lipinski definition) is 0. The first-order valence-corrected chi connectivity index (χ1v) is 8.32. The Morgan fingerprint density at radius 1 is 1.43 bits per heavy atom. The van der Waals surface area contributed by atoms with E-state index in [9.17, 15) is 0 Å². The second-order valence-corrected chi connectivity index (χ2v) is 6.58.